The maximum Gasteiger partial charge on any atom is 0.218 e. The van der Waals surface area contributed by atoms with Gasteiger partial charge in [-0.2, -0.15) is 4.98 Å². The molecule has 0 aliphatic carbocycles. The molecular formula is C7H9Br2N3O. The number of nitrogens with zero attached hydrogens (tertiary/aromatic N) is 3. The Bertz CT molecular complexity index is 311. The average Bonchev–Trinajstić information content (AvgIpc) is 2.29. The van der Waals surface area contributed by atoms with Crippen molar-refractivity contribution in [2.45, 2.75) is 26.3 Å². The van der Waals surface area contributed by atoms with E-state index in [2.05, 4.69) is 41.9 Å². The van der Waals surface area contributed by atoms with Crippen molar-refractivity contribution in [1.29, 1.82) is 0 Å². The standard InChI is InChI=1S/C7H9Br2N3O/c1-5(13)3-2-4-12-7(9)10-6(8)11-12/h2-4H2,1H3. The molecule has 72 valence electrons. The number of carbonyl (C=O) groups is 1. The summed E-state index contributed by atoms with van der Waals surface area (Å²) in [6.45, 7) is 2.30. The van der Waals surface area contributed by atoms with E-state index in [1.807, 2.05) is 0 Å². The molecule has 0 spiro atoms. The van der Waals surface area contributed by atoms with Gasteiger partial charge in [-0.1, -0.05) is 0 Å². The van der Waals surface area contributed by atoms with Crippen molar-refractivity contribution < 1.29 is 4.79 Å². The van der Waals surface area contributed by atoms with E-state index in [-0.39, 0.29) is 5.78 Å². The minimum Gasteiger partial charge on any atom is -0.300 e. The lowest BCUT2D eigenvalue weighted by Gasteiger charge is -1.99. The smallest absolute Gasteiger partial charge is 0.218 e. The highest BCUT2D eigenvalue weighted by Crippen LogP contribution is 2.11. The zero-order valence-electron chi connectivity index (χ0n) is 7.13. The minimum atomic E-state index is 0.204. The fraction of sp³-hybridized carbons (Fsp3) is 0.571. The summed E-state index contributed by atoms with van der Waals surface area (Å²) in [7, 11) is 0. The van der Waals surface area contributed by atoms with Crippen LogP contribution >= 0.6 is 31.9 Å². The van der Waals surface area contributed by atoms with Crippen LogP contribution in [0, 0.1) is 0 Å². The second kappa shape index (κ2) is 4.85. The topological polar surface area (TPSA) is 47.8 Å². The largest absolute Gasteiger partial charge is 0.300 e. The van der Waals surface area contributed by atoms with E-state index in [1.54, 1.807) is 11.6 Å². The maximum atomic E-state index is 10.7. The quantitative estimate of drug-likeness (QED) is 0.856. The van der Waals surface area contributed by atoms with Gasteiger partial charge in [0.1, 0.15) is 5.78 Å². The van der Waals surface area contributed by atoms with Gasteiger partial charge in [-0.3, -0.25) is 0 Å². The van der Waals surface area contributed by atoms with Gasteiger partial charge in [0.2, 0.25) is 4.73 Å². The van der Waals surface area contributed by atoms with Crippen LogP contribution in [0.3, 0.4) is 0 Å². The first kappa shape index (κ1) is 10.8. The second-order valence-corrected chi connectivity index (χ2v) is 4.10. The summed E-state index contributed by atoms with van der Waals surface area (Å²) in [5.74, 6) is 0.204. The highest BCUT2D eigenvalue weighted by atomic mass is 79.9. The van der Waals surface area contributed by atoms with Crippen LogP contribution in [-0.4, -0.2) is 20.5 Å². The fourth-order valence-electron chi connectivity index (χ4n) is 0.917. The number of halogens is 2. The van der Waals surface area contributed by atoms with Gasteiger partial charge in [0.05, 0.1) is 0 Å². The van der Waals surface area contributed by atoms with E-state index in [1.165, 1.54) is 0 Å². The Labute approximate surface area is 93.0 Å². The Hall–Kier alpha value is -0.230. The minimum absolute atomic E-state index is 0.204. The lowest BCUT2D eigenvalue weighted by molar-refractivity contribution is -0.117. The predicted octanol–water partition coefficient (Wildman–Crippen LogP) is 2.17. The lowest BCUT2D eigenvalue weighted by atomic mass is 10.2. The molecule has 1 heterocycles. The number of aryl methyl sites for hydroxylation is 1. The SMILES string of the molecule is CC(=O)CCCn1nc(Br)nc1Br. The second-order valence-electron chi connectivity index (χ2n) is 2.68. The maximum absolute atomic E-state index is 10.7. The van der Waals surface area contributed by atoms with Crippen molar-refractivity contribution in [3.8, 4) is 0 Å². The Balaban J connectivity index is 2.45. The summed E-state index contributed by atoms with van der Waals surface area (Å²) in [5.41, 5.74) is 0. The molecule has 13 heavy (non-hydrogen) atoms. The van der Waals surface area contributed by atoms with Gasteiger partial charge in [-0.15, -0.1) is 5.10 Å². The number of hydrogen-bond acceptors (Lipinski definition) is 3. The van der Waals surface area contributed by atoms with Gasteiger partial charge < -0.3 is 4.79 Å². The van der Waals surface area contributed by atoms with Crippen LogP contribution in [-0.2, 0) is 11.3 Å². The van der Waals surface area contributed by atoms with Gasteiger partial charge in [0.15, 0.2) is 4.73 Å². The van der Waals surface area contributed by atoms with Crippen LogP contribution in [0.4, 0.5) is 0 Å². The van der Waals surface area contributed by atoms with Crippen LogP contribution in [0.15, 0.2) is 9.47 Å². The Morgan fingerprint density at radius 1 is 1.54 bits per heavy atom. The highest BCUT2D eigenvalue weighted by Gasteiger charge is 2.04. The first-order valence-corrected chi connectivity index (χ1v) is 5.43. The van der Waals surface area contributed by atoms with Crippen LogP contribution in [0.1, 0.15) is 19.8 Å². The number of hydrogen-bond donors (Lipinski definition) is 0. The Morgan fingerprint density at radius 3 is 2.69 bits per heavy atom. The molecule has 0 unspecified atom stereocenters. The summed E-state index contributed by atoms with van der Waals surface area (Å²) in [4.78, 5) is 14.7. The molecule has 0 fully saturated rings. The van der Waals surface area contributed by atoms with Gasteiger partial charge >= 0.3 is 0 Å². The molecule has 0 aliphatic rings. The molecule has 1 rings (SSSR count). The summed E-state index contributed by atoms with van der Waals surface area (Å²) < 4.78 is 2.96. The molecule has 6 heteroatoms. The zero-order chi connectivity index (χ0) is 9.84. The van der Waals surface area contributed by atoms with E-state index in [0.29, 0.717) is 22.4 Å². The zero-order valence-corrected chi connectivity index (χ0v) is 10.3. The normalized spacial score (nSPS) is 10.4. The van der Waals surface area contributed by atoms with Crippen molar-refractivity contribution >= 4 is 37.6 Å². The molecule has 0 atom stereocenters. The van der Waals surface area contributed by atoms with Crippen LogP contribution in [0.2, 0.25) is 0 Å². The molecule has 0 aliphatic heterocycles. The van der Waals surface area contributed by atoms with Crippen molar-refractivity contribution in [2.24, 2.45) is 0 Å². The van der Waals surface area contributed by atoms with E-state index in [9.17, 15) is 4.79 Å². The average molecular weight is 311 g/mol. The van der Waals surface area contributed by atoms with E-state index in [4.69, 9.17) is 0 Å². The van der Waals surface area contributed by atoms with Gasteiger partial charge in [0.25, 0.3) is 0 Å². The summed E-state index contributed by atoms with van der Waals surface area (Å²) in [6, 6.07) is 0. The van der Waals surface area contributed by atoms with E-state index < -0.39 is 0 Å². The highest BCUT2D eigenvalue weighted by molar-refractivity contribution is 9.11. The monoisotopic (exact) mass is 309 g/mol. The number of aromatic nitrogens is 3. The first-order valence-electron chi connectivity index (χ1n) is 3.85. The van der Waals surface area contributed by atoms with Crippen molar-refractivity contribution in [3.05, 3.63) is 9.47 Å². The van der Waals surface area contributed by atoms with Crippen LogP contribution < -0.4 is 0 Å². The fourth-order valence-corrected chi connectivity index (χ4v) is 1.94. The molecule has 0 aromatic carbocycles. The molecule has 0 saturated heterocycles. The molecule has 1 aromatic heterocycles. The summed E-state index contributed by atoms with van der Waals surface area (Å²) >= 11 is 6.42. The molecular weight excluding hydrogens is 302 g/mol. The van der Waals surface area contributed by atoms with Crippen molar-refractivity contribution in [1.82, 2.24) is 14.8 Å². The van der Waals surface area contributed by atoms with Crippen molar-refractivity contribution in [3.63, 3.8) is 0 Å². The third-order valence-corrected chi connectivity index (χ3v) is 2.42. The first-order chi connectivity index (χ1) is 6.09. The third kappa shape index (κ3) is 3.56. The molecule has 0 saturated carbocycles. The van der Waals surface area contributed by atoms with Gasteiger partial charge in [-0.25, -0.2) is 4.68 Å². The number of ketones is 1. The Kier molecular flexibility index (Phi) is 4.05. The predicted molar refractivity (Wildman–Crippen MR) is 55.3 cm³/mol. The van der Waals surface area contributed by atoms with Gasteiger partial charge in [0, 0.05) is 13.0 Å². The molecule has 0 N–H and O–H groups in total. The molecule has 4 nitrogen and oxygen atoms in total. The van der Waals surface area contributed by atoms with E-state index >= 15 is 0 Å². The molecule has 1 aromatic rings. The van der Waals surface area contributed by atoms with E-state index in [0.717, 1.165) is 6.42 Å². The summed E-state index contributed by atoms with van der Waals surface area (Å²) in [6.07, 6.45) is 1.38. The Morgan fingerprint density at radius 2 is 2.23 bits per heavy atom. The summed E-state index contributed by atoms with van der Waals surface area (Å²) in [5, 5.41) is 4.07. The van der Waals surface area contributed by atoms with Crippen LogP contribution in [0.5, 0.6) is 0 Å². The third-order valence-electron chi connectivity index (χ3n) is 1.50. The number of carbonyl (C=O) groups excluding carboxylic acids is 1. The molecule has 0 amide bonds. The molecule has 0 bridgehead atoms. The van der Waals surface area contributed by atoms with Gasteiger partial charge in [-0.05, 0) is 45.2 Å². The van der Waals surface area contributed by atoms with Crippen LogP contribution in [0.25, 0.3) is 0 Å². The lowest BCUT2D eigenvalue weighted by Crippen LogP contribution is -2.02. The van der Waals surface area contributed by atoms with Crippen molar-refractivity contribution in [2.75, 3.05) is 0 Å². The number of rotatable bonds is 4. The number of Topliss-reactive ketones (excluding diaryl/α,β-unsaturated/α-hetero) is 1. The molecule has 0 radical (unpaired) electrons.